The molecule has 1 saturated heterocycles. The minimum absolute atomic E-state index is 0.0317. The Morgan fingerprint density at radius 3 is 2.57 bits per heavy atom. The molecule has 1 amide bonds. The maximum absolute atomic E-state index is 13.6. The molecule has 1 atom stereocenters. The summed E-state index contributed by atoms with van der Waals surface area (Å²) in [4.78, 5) is 16.1. The molecule has 0 aromatic heterocycles. The first kappa shape index (κ1) is 15.9. The number of rotatable bonds is 5. The van der Waals surface area contributed by atoms with E-state index >= 15 is 0 Å². The summed E-state index contributed by atoms with van der Waals surface area (Å²) in [5.41, 5.74) is 0.450. The van der Waals surface area contributed by atoms with Crippen molar-refractivity contribution in [3.8, 4) is 0 Å². The molecule has 0 radical (unpaired) electrons. The number of hydrogen-bond donors (Lipinski definition) is 1. The van der Waals surface area contributed by atoms with Gasteiger partial charge in [-0.05, 0) is 18.1 Å². The van der Waals surface area contributed by atoms with Crippen molar-refractivity contribution in [2.45, 2.75) is 25.9 Å². The Bertz CT molecular complexity index is 473. The molecule has 21 heavy (non-hydrogen) atoms. The molecule has 5 heteroatoms. The van der Waals surface area contributed by atoms with E-state index in [1.54, 1.807) is 23.1 Å². The Morgan fingerprint density at radius 1 is 1.29 bits per heavy atom. The van der Waals surface area contributed by atoms with Gasteiger partial charge in [-0.15, -0.1) is 0 Å². The number of carbonyl (C=O) groups excluding carboxylic acids is 1. The van der Waals surface area contributed by atoms with E-state index in [-0.39, 0.29) is 24.2 Å². The van der Waals surface area contributed by atoms with Gasteiger partial charge in [-0.2, -0.15) is 0 Å². The minimum Gasteiger partial charge on any atom is -0.392 e. The van der Waals surface area contributed by atoms with Crippen LogP contribution in [0.25, 0.3) is 0 Å². The number of nitrogens with zero attached hydrogens (tertiary/aromatic N) is 2. The van der Waals surface area contributed by atoms with Gasteiger partial charge in [-0.1, -0.05) is 25.1 Å². The van der Waals surface area contributed by atoms with Crippen molar-refractivity contribution in [1.29, 1.82) is 0 Å². The molecule has 1 aromatic rings. The second-order valence-corrected chi connectivity index (χ2v) is 5.51. The normalized spacial score (nSPS) is 17.8. The fourth-order valence-corrected chi connectivity index (χ4v) is 2.52. The van der Waals surface area contributed by atoms with E-state index in [4.69, 9.17) is 0 Å². The summed E-state index contributed by atoms with van der Waals surface area (Å²) in [7, 11) is 0. The monoisotopic (exact) mass is 294 g/mol. The Labute approximate surface area is 125 Å². The number of aliphatic hydroxyl groups excluding tert-OH is 1. The number of halogens is 1. The van der Waals surface area contributed by atoms with Crippen molar-refractivity contribution in [1.82, 2.24) is 9.80 Å². The van der Waals surface area contributed by atoms with E-state index in [1.807, 2.05) is 6.92 Å². The van der Waals surface area contributed by atoms with E-state index < -0.39 is 0 Å². The highest BCUT2D eigenvalue weighted by Gasteiger charge is 2.22. The molecule has 4 nitrogen and oxygen atoms in total. The van der Waals surface area contributed by atoms with Crippen molar-refractivity contribution in [3.05, 3.63) is 35.6 Å². The van der Waals surface area contributed by atoms with Gasteiger partial charge in [-0.25, -0.2) is 4.39 Å². The van der Waals surface area contributed by atoms with Crippen molar-refractivity contribution in [3.63, 3.8) is 0 Å². The third-order valence-electron chi connectivity index (χ3n) is 3.96. The van der Waals surface area contributed by atoms with Crippen molar-refractivity contribution < 1.29 is 14.3 Å². The molecule has 116 valence electrons. The quantitative estimate of drug-likeness (QED) is 0.890. The first-order valence-electron chi connectivity index (χ1n) is 7.51. The Hall–Kier alpha value is -1.46. The Kier molecular flexibility index (Phi) is 5.70. The van der Waals surface area contributed by atoms with Crippen LogP contribution in [0.3, 0.4) is 0 Å². The number of hydrogen-bond acceptors (Lipinski definition) is 3. The molecule has 0 bridgehead atoms. The van der Waals surface area contributed by atoms with Gasteiger partial charge < -0.3 is 10.0 Å². The first-order valence-corrected chi connectivity index (χ1v) is 7.51. The third kappa shape index (κ3) is 4.51. The van der Waals surface area contributed by atoms with Crippen molar-refractivity contribution >= 4 is 5.91 Å². The molecule has 0 saturated carbocycles. The zero-order valence-electron chi connectivity index (χ0n) is 12.5. The van der Waals surface area contributed by atoms with E-state index in [2.05, 4.69) is 4.90 Å². The van der Waals surface area contributed by atoms with Gasteiger partial charge in [0.1, 0.15) is 5.82 Å². The van der Waals surface area contributed by atoms with E-state index in [0.717, 1.165) is 19.5 Å². The fourth-order valence-electron chi connectivity index (χ4n) is 2.52. The molecule has 1 aliphatic rings. The topological polar surface area (TPSA) is 43.8 Å². The zero-order chi connectivity index (χ0) is 15.2. The number of benzene rings is 1. The molecular weight excluding hydrogens is 271 g/mol. The summed E-state index contributed by atoms with van der Waals surface area (Å²) in [6, 6.07) is 6.41. The molecule has 1 aliphatic heterocycles. The maximum atomic E-state index is 13.6. The van der Waals surface area contributed by atoms with E-state index in [0.29, 0.717) is 25.2 Å². The molecule has 1 N–H and O–H groups in total. The summed E-state index contributed by atoms with van der Waals surface area (Å²) in [5, 5.41) is 9.65. The molecule has 2 rings (SSSR count). The highest BCUT2D eigenvalue weighted by molar-refractivity contribution is 5.78. The highest BCUT2D eigenvalue weighted by Crippen LogP contribution is 2.11. The van der Waals surface area contributed by atoms with Gasteiger partial charge in [0.25, 0.3) is 0 Å². The van der Waals surface area contributed by atoms with Crippen molar-refractivity contribution in [2.75, 3.05) is 32.7 Å². The summed E-state index contributed by atoms with van der Waals surface area (Å²) in [6.07, 6.45) is 0.558. The van der Waals surface area contributed by atoms with Gasteiger partial charge in [0, 0.05) is 32.7 Å². The molecule has 0 aliphatic carbocycles. The lowest BCUT2D eigenvalue weighted by Crippen LogP contribution is -2.50. The van der Waals surface area contributed by atoms with Gasteiger partial charge in [0.2, 0.25) is 5.91 Å². The number of carbonyl (C=O) groups is 1. The minimum atomic E-state index is -0.324. The van der Waals surface area contributed by atoms with Gasteiger partial charge >= 0.3 is 0 Å². The third-order valence-corrected chi connectivity index (χ3v) is 3.96. The Balaban J connectivity index is 1.82. The molecule has 1 aromatic carbocycles. The lowest BCUT2D eigenvalue weighted by Gasteiger charge is -2.35. The van der Waals surface area contributed by atoms with Crippen LogP contribution in [-0.2, 0) is 11.2 Å². The summed E-state index contributed by atoms with van der Waals surface area (Å²) >= 11 is 0. The van der Waals surface area contributed by atoms with Crippen LogP contribution in [0.1, 0.15) is 18.9 Å². The molecule has 0 spiro atoms. The summed E-state index contributed by atoms with van der Waals surface area (Å²) in [6.45, 7) is 5.43. The van der Waals surface area contributed by atoms with Crippen LogP contribution in [0, 0.1) is 5.82 Å². The van der Waals surface area contributed by atoms with Gasteiger partial charge in [0.15, 0.2) is 0 Å². The van der Waals surface area contributed by atoms with E-state index in [9.17, 15) is 14.3 Å². The maximum Gasteiger partial charge on any atom is 0.227 e. The number of β-amino-alcohol motifs (C(OH)–C–C–N with tert-alkyl or cyclic N) is 1. The smallest absolute Gasteiger partial charge is 0.227 e. The first-order chi connectivity index (χ1) is 10.1. The predicted octanol–water partition coefficient (Wildman–Crippen LogP) is 1.28. The molecular formula is C16H23FN2O2. The van der Waals surface area contributed by atoms with Crippen LogP contribution in [0.4, 0.5) is 4.39 Å². The molecule has 0 unspecified atom stereocenters. The lowest BCUT2D eigenvalue weighted by molar-refractivity contribution is -0.132. The van der Waals surface area contributed by atoms with Crippen molar-refractivity contribution in [2.24, 2.45) is 0 Å². The van der Waals surface area contributed by atoms with E-state index in [1.165, 1.54) is 6.07 Å². The lowest BCUT2D eigenvalue weighted by atomic mass is 10.1. The van der Waals surface area contributed by atoms with Gasteiger partial charge in [-0.3, -0.25) is 9.69 Å². The predicted molar refractivity (Wildman–Crippen MR) is 79.4 cm³/mol. The fraction of sp³-hybridized carbons (Fsp3) is 0.562. The van der Waals surface area contributed by atoms with Crippen LogP contribution in [0.2, 0.25) is 0 Å². The summed E-state index contributed by atoms with van der Waals surface area (Å²) in [5.74, 6) is -0.355. The largest absolute Gasteiger partial charge is 0.392 e. The second kappa shape index (κ2) is 7.52. The number of amides is 1. The SMILES string of the molecule is CC[C@H](O)CN1CCN(C(=O)Cc2ccccc2F)CC1. The van der Waals surface area contributed by atoms with Crippen LogP contribution in [-0.4, -0.2) is 59.6 Å². The standard InChI is InChI=1S/C16H23FN2O2/c1-2-14(20)12-18-7-9-19(10-8-18)16(21)11-13-5-3-4-6-15(13)17/h3-6,14,20H,2,7-12H2,1H3/t14-/m0/s1. The average Bonchev–Trinajstić information content (AvgIpc) is 2.50. The number of piperazine rings is 1. The molecule has 1 fully saturated rings. The molecule has 1 heterocycles. The van der Waals surface area contributed by atoms with Gasteiger partial charge in [0.05, 0.1) is 12.5 Å². The second-order valence-electron chi connectivity index (χ2n) is 5.51. The van der Waals surface area contributed by atoms with Crippen LogP contribution >= 0.6 is 0 Å². The number of aliphatic hydroxyl groups is 1. The Morgan fingerprint density at radius 2 is 1.95 bits per heavy atom. The van der Waals surface area contributed by atoms with Crippen LogP contribution in [0.5, 0.6) is 0 Å². The summed E-state index contributed by atoms with van der Waals surface area (Å²) < 4.78 is 13.6. The van der Waals surface area contributed by atoms with Crippen LogP contribution in [0.15, 0.2) is 24.3 Å². The highest BCUT2D eigenvalue weighted by atomic mass is 19.1. The zero-order valence-corrected chi connectivity index (χ0v) is 12.5. The van der Waals surface area contributed by atoms with Crippen LogP contribution < -0.4 is 0 Å². The average molecular weight is 294 g/mol.